The van der Waals surface area contributed by atoms with Crippen molar-refractivity contribution in [2.24, 2.45) is 0 Å². The molecule has 0 aliphatic heterocycles. The fourth-order valence-electron chi connectivity index (χ4n) is 0.136. The van der Waals surface area contributed by atoms with E-state index in [1.807, 2.05) is 0 Å². The molecule has 0 aliphatic rings. The number of carboxylic acid groups (broad SMARTS) is 2. The largest absolute Gasteiger partial charge is 2.00 e. The predicted molar refractivity (Wildman–Crippen MR) is 19.2 cm³/mol. The molecule has 0 saturated heterocycles. The van der Waals surface area contributed by atoms with Gasteiger partial charge in [-0.2, -0.15) is 0 Å². The van der Waals surface area contributed by atoms with Gasteiger partial charge in [0.1, 0.15) is 0 Å². The zero-order valence-corrected chi connectivity index (χ0v) is 6.38. The summed E-state index contributed by atoms with van der Waals surface area (Å²) in [6.07, 6.45) is 0.769. The molecule has 0 aromatic carbocycles. The molecule has 0 rings (SSSR count). The van der Waals surface area contributed by atoms with Crippen molar-refractivity contribution in [3.63, 3.8) is 0 Å². The molecular formula is C4H2O4Pt. The summed E-state index contributed by atoms with van der Waals surface area (Å²) in [5.41, 5.74) is 0. The van der Waals surface area contributed by atoms with E-state index in [-0.39, 0.29) is 21.1 Å². The van der Waals surface area contributed by atoms with Crippen LogP contribution in [0.2, 0.25) is 0 Å². The molecule has 0 heterocycles. The van der Waals surface area contributed by atoms with Crippen LogP contribution in [0, 0.1) is 0 Å². The second-order valence-corrected chi connectivity index (χ2v) is 0.971. The first-order valence-corrected chi connectivity index (χ1v) is 1.73. The third kappa shape index (κ3) is 11.1. The molecule has 5 heteroatoms. The van der Waals surface area contributed by atoms with Crippen LogP contribution < -0.4 is 10.2 Å². The van der Waals surface area contributed by atoms with E-state index in [0.29, 0.717) is 12.2 Å². The molecule has 0 amide bonds. The monoisotopic (exact) mass is 309 g/mol. The minimum absolute atomic E-state index is 0. The fourth-order valence-corrected chi connectivity index (χ4v) is 0.136. The number of carbonyl (C=O) groups excluding carboxylic acids is 2. The van der Waals surface area contributed by atoms with Crippen LogP contribution in [0.1, 0.15) is 0 Å². The minimum Gasteiger partial charge on any atom is -0.545 e. The van der Waals surface area contributed by atoms with Crippen LogP contribution in [-0.2, 0) is 30.7 Å². The van der Waals surface area contributed by atoms with Crippen LogP contribution in [0.15, 0.2) is 12.2 Å². The van der Waals surface area contributed by atoms with E-state index in [9.17, 15) is 19.8 Å². The molecule has 0 aliphatic carbocycles. The van der Waals surface area contributed by atoms with Crippen molar-refractivity contribution in [1.29, 1.82) is 0 Å². The van der Waals surface area contributed by atoms with Gasteiger partial charge in [-0.1, -0.05) is 0 Å². The number of rotatable bonds is 2. The molecule has 9 heavy (non-hydrogen) atoms. The first-order chi connectivity index (χ1) is 3.63. The van der Waals surface area contributed by atoms with Crippen molar-refractivity contribution >= 4 is 11.9 Å². The van der Waals surface area contributed by atoms with E-state index in [2.05, 4.69) is 0 Å². The maximum Gasteiger partial charge on any atom is 2.00 e. The molecule has 0 saturated carbocycles. The van der Waals surface area contributed by atoms with Crippen LogP contribution in [0.4, 0.5) is 0 Å². The maximum absolute atomic E-state index is 9.41. The van der Waals surface area contributed by atoms with Gasteiger partial charge in [0.2, 0.25) is 0 Å². The Balaban J connectivity index is 0. The zero-order chi connectivity index (χ0) is 6.57. The molecule has 4 nitrogen and oxygen atoms in total. The number of aliphatic carboxylic acids is 2. The Morgan fingerprint density at radius 1 is 1.00 bits per heavy atom. The summed E-state index contributed by atoms with van der Waals surface area (Å²) in [5, 5.41) is 18.8. The molecule has 0 spiro atoms. The van der Waals surface area contributed by atoms with Gasteiger partial charge in [0.25, 0.3) is 0 Å². The van der Waals surface area contributed by atoms with Gasteiger partial charge in [0.05, 0.1) is 11.9 Å². The molecule has 0 N–H and O–H groups in total. The van der Waals surface area contributed by atoms with E-state index < -0.39 is 11.9 Å². The van der Waals surface area contributed by atoms with Gasteiger partial charge in [-0.3, -0.25) is 0 Å². The third-order valence-corrected chi connectivity index (χ3v) is 0.355. The van der Waals surface area contributed by atoms with Crippen LogP contribution in [0.3, 0.4) is 0 Å². The fraction of sp³-hybridized carbons (Fsp3) is 0. The number of hydrogen-bond acceptors (Lipinski definition) is 4. The molecule has 0 fully saturated rings. The molecule has 0 radical (unpaired) electrons. The van der Waals surface area contributed by atoms with Crippen molar-refractivity contribution < 1.29 is 40.9 Å². The van der Waals surface area contributed by atoms with Gasteiger partial charge >= 0.3 is 21.1 Å². The van der Waals surface area contributed by atoms with Crippen molar-refractivity contribution in [2.75, 3.05) is 0 Å². The molecule has 0 aromatic rings. The van der Waals surface area contributed by atoms with Gasteiger partial charge < -0.3 is 19.8 Å². The van der Waals surface area contributed by atoms with Crippen molar-refractivity contribution in [3.8, 4) is 0 Å². The number of hydrogen-bond donors (Lipinski definition) is 0. The summed E-state index contributed by atoms with van der Waals surface area (Å²) in [6.45, 7) is 0. The van der Waals surface area contributed by atoms with Gasteiger partial charge in [-0.25, -0.2) is 0 Å². The molecule has 0 bridgehead atoms. The van der Waals surface area contributed by atoms with Crippen molar-refractivity contribution in [2.45, 2.75) is 0 Å². The van der Waals surface area contributed by atoms with Crippen LogP contribution in [0.25, 0.3) is 0 Å². The first-order valence-electron chi connectivity index (χ1n) is 1.73. The van der Waals surface area contributed by atoms with E-state index in [0.717, 1.165) is 0 Å². The Bertz CT molecular complexity index is 124. The molecular weight excluding hydrogens is 307 g/mol. The smallest absolute Gasteiger partial charge is 0.545 e. The van der Waals surface area contributed by atoms with Crippen LogP contribution in [0.5, 0.6) is 0 Å². The zero-order valence-electron chi connectivity index (χ0n) is 4.10. The SMILES string of the molecule is O=C([O-])/C=C\C(=O)[O-].[Pt+2]. The predicted octanol–water partition coefficient (Wildman–Crippen LogP) is -2.96. The van der Waals surface area contributed by atoms with E-state index in [1.54, 1.807) is 0 Å². The standard InChI is InChI=1S/C4H4O4.Pt/c5-3(6)1-2-4(7)8;/h1-2H,(H,5,6)(H,7,8);/q;+2/p-2/b2-1-;. The van der Waals surface area contributed by atoms with Crippen molar-refractivity contribution in [1.82, 2.24) is 0 Å². The third-order valence-electron chi connectivity index (χ3n) is 0.355. The van der Waals surface area contributed by atoms with Gasteiger partial charge in [0, 0.05) is 0 Å². The molecule has 0 aromatic heterocycles. The molecule has 0 atom stereocenters. The molecule has 52 valence electrons. The topological polar surface area (TPSA) is 80.3 Å². The normalized spacial score (nSPS) is 8.44. The minimum atomic E-state index is -1.55. The van der Waals surface area contributed by atoms with Crippen molar-refractivity contribution in [3.05, 3.63) is 12.2 Å². The Hall–Kier alpha value is -0.632. The van der Waals surface area contributed by atoms with E-state index >= 15 is 0 Å². The summed E-state index contributed by atoms with van der Waals surface area (Å²) in [4.78, 5) is 18.8. The average molecular weight is 309 g/mol. The Morgan fingerprint density at radius 3 is 1.33 bits per heavy atom. The summed E-state index contributed by atoms with van der Waals surface area (Å²) in [5.74, 6) is -3.09. The van der Waals surface area contributed by atoms with Gasteiger partial charge in [0.15, 0.2) is 0 Å². The van der Waals surface area contributed by atoms with E-state index in [4.69, 9.17) is 0 Å². The summed E-state index contributed by atoms with van der Waals surface area (Å²) >= 11 is 0. The Kier molecular flexibility index (Phi) is 6.85. The Morgan fingerprint density at radius 2 is 1.22 bits per heavy atom. The van der Waals surface area contributed by atoms with Gasteiger partial charge in [-0.05, 0) is 12.2 Å². The molecule has 0 unspecified atom stereocenters. The maximum atomic E-state index is 9.41. The Labute approximate surface area is 65.4 Å². The first kappa shape index (κ1) is 11.2. The van der Waals surface area contributed by atoms with Crippen LogP contribution in [-0.4, -0.2) is 11.9 Å². The van der Waals surface area contributed by atoms with Gasteiger partial charge in [-0.15, -0.1) is 0 Å². The quantitative estimate of drug-likeness (QED) is 0.511. The summed E-state index contributed by atoms with van der Waals surface area (Å²) < 4.78 is 0. The summed E-state index contributed by atoms with van der Waals surface area (Å²) in [7, 11) is 0. The second-order valence-electron chi connectivity index (χ2n) is 0.971. The summed E-state index contributed by atoms with van der Waals surface area (Å²) in [6, 6.07) is 0. The van der Waals surface area contributed by atoms with Crippen LogP contribution >= 0.6 is 0 Å². The average Bonchev–Trinajstić information content (AvgIpc) is 1.61. The number of carboxylic acids is 2. The second kappa shape index (κ2) is 5.50. The van der Waals surface area contributed by atoms with E-state index in [1.165, 1.54) is 0 Å². The number of carbonyl (C=O) groups is 2.